The van der Waals surface area contributed by atoms with E-state index in [4.69, 9.17) is 49.0 Å². The van der Waals surface area contributed by atoms with E-state index in [-0.39, 0.29) is 45.3 Å². The summed E-state index contributed by atoms with van der Waals surface area (Å²) in [6.45, 7) is 12.9. The number of nitrogens with one attached hydrogen (secondary N) is 3. The third-order valence-corrected chi connectivity index (χ3v) is 23.1. The van der Waals surface area contributed by atoms with Crippen LogP contribution in [0.25, 0.3) is 0 Å². The Bertz CT molecular complexity index is 6130. The summed E-state index contributed by atoms with van der Waals surface area (Å²) in [5, 5.41) is 72.1. The summed E-state index contributed by atoms with van der Waals surface area (Å²) in [7, 11) is 3.22. The molecule has 0 atom stereocenters. The molecule has 4 aromatic heterocycles. The second-order valence-corrected chi connectivity index (χ2v) is 35.2. The van der Waals surface area contributed by atoms with Crippen LogP contribution in [0.15, 0.2) is 312 Å². The van der Waals surface area contributed by atoms with Crippen LogP contribution < -0.4 is 30.5 Å². The maximum atomic E-state index is 12.1. The minimum Gasteiger partial charge on any atom is -0.507 e. The summed E-state index contributed by atoms with van der Waals surface area (Å²) >= 11 is 41.2. The van der Waals surface area contributed by atoms with Crippen molar-refractivity contribution in [3.63, 3.8) is 0 Å². The van der Waals surface area contributed by atoms with Crippen molar-refractivity contribution in [1.29, 1.82) is 0 Å². The van der Waals surface area contributed by atoms with Gasteiger partial charge in [0.15, 0.2) is 28.8 Å². The van der Waals surface area contributed by atoms with E-state index in [1.54, 1.807) is 112 Å². The quantitative estimate of drug-likeness (QED) is 0.0163. The predicted molar refractivity (Wildman–Crippen MR) is 551 cm³/mol. The average molecular weight is 2260 g/mol. The number of carbonyl (C=O) groups excluding carboxylic acids is 1. The van der Waals surface area contributed by atoms with Crippen molar-refractivity contribution in [3.8, 4) is 57.5 Å². The van der Waals surface area contributed by atoms with E-state index in [2.05, 4.69) is 204 Å². The van der Waals surface area contributed by atoms with Crippen LogP contribution in [0.5, 0.6) is 57.5 Å². The van der Waals surface area contributed by atoms with Gasteiger partial charge in [-0.15, -0.1) is 0 Å². The molecule has 4 heterocycles. The molecule has 32 heteroatoms. The van der Waals surface area contributed by atoms with Gasteiger partial charge in [0.2, 0.25) is 0 Å². The number of phenolic OH excluding ortho intramolecular Hbond substituents is 6. The molecule has 0 radical (unpaired) electrons. The second-order valence-electron chi connectivity index (χ2n) is 27.8. The van der Waals surface area contributed by atoms with E-state index < -0.39 is 0 Å². The zero-order chi connectivity index (χ0) is 94.2. The molecule has 0 fully saturated rings. The number of aromatic nitrogens is 4. The van der Waals surface area contributed by atoms with Gasteiger partial charge in [0, 0.05) is 105 Å². The monoisotopic (exact) mass is 2250 g/mol. The van der Waals surface area contributed by atoms with Crippen molar-refractivity contribution in [2.45, 2.75) is 67.5 Å². The molecule has 0 saturated heterocycles. The first-order chi connectivity index (χ1) is 62.4. The molecule has 0 aliphatic rings. The molecule has 0 spiro atoms. The number of hydrogen-bond acceptors (Lipinski definition) is 22. The molecule has 10 aromatic carbocycles. The Kier molecular flexibility index (Phi) is 43.5. The van der Waals surface area contributed by atoms with Crippen molar-refractivity contribution < 1.29 is 49.6 Å². The van der Waals surface area contributed by atoms with Crippen LogP contribution >= 0.6 is 146 Å². The number of aromatic hydroxyl groups is 6. The van der Waals surface area contributed by atoms with E-state index >= 15 is 0 Å². The van der Waals surface area contributed by atoms with Gasteiger partial charge in [0.1, 0.15) is 52.0 Å². The van der Waals surface area contributed by atoms with Gasteiger partial charge in [-0.1, -0.05) is 189 Å². The Morgan fingerprint density at radius 1 is 0.400 bits per heavy atom. The molecule has 0 aliphatic heterocycles. The zero-order valence-electron chi connectivity index (χ0n) is 71.1. The predicted octanol–water partition coefficient (Wildman–Crippen LogP) is 28.0. The second kappa shape index (κ2) is 54.3. The number of hydrogen-bond donors (Lipinski definition) is 9. The Balaban J connectivity index is 0.000000187. The van der Waals surface area contributed by atoms with E-state index in [1.165, 1.54) is 29.5 Å². The van der Waals surface area contributed by atoms with Gasteiger partial charge < -0.3 is 44.8 Å². The summed E-state index contributed by atoms with van der Waals surface area (Å²) in [5.74, 6) is 4.69. The van der Waals surface area contributed by atoms with Crippen LogP contribution in [-0.2, 0) is 19.5 Å². The lowest BCUT2D eigenvalue weighted by Gasteiger charge is -2.12. The van der Waals surface area contributed by atoms with Crippen LogP contribution in [0.3, 0.4) is 0 Å². The molecule has 0 bridgehead atoms. The number of Topliss-reactive ketones (excluding diaryl/α,β-unsaturated/α-hetero) is 1. The van der Waals surface area contributed by atoms with Crippen molar-refractivity contribution >= 4 is 201 Å². The first kappa shape index (κ1) is 104. The van der Waals surface area contributed by atoms with Crippen molar-refractivity contribution in [2.24, 2.45) is 25.3 Å². The number of halogens is 10. The van der Waals surface area contributed by atoms with Crippen LogP contribution in [-0.4, -0.2) is 102 Å². The molecule has 0 aliphatic carbocycles. The lowest BCUT2D eigenvalue weighted by molar-refractivity contribution is 0.0980. The largest absolute Gasteiger partial charge is 0.507 e. The van der Waals surface area contributed by atoms with Crippen molar-refractivity contribution in [1.82, 2.24) is 19.9 Å². The number of ether oxygens (including phenoxy) is 3. The van der Waals surface area contributed by atoms with Gasteiger partial charge in [-0.2, -0.15) is 15.3 Å². The number of benzene rings is 10. The fourth-order valence-electron chi connectivity index (χ4n) is 11.0. The lowest BCUT2D eigenvalue weighted by atomic mass is 10.0. The van der Waals surface area contributed by atoms with Gasteiger partial charge >= 0.3 is 0 Å². The van der Waals surface area contributed by atoms with Gasteiger partial charge in [0.05, 0.1) is 75.7 Å². The number of hydrazone groups is 3. The van der Waals surface area contributed by atoms with Crippen molar-refractivity contribution in [3.05, 3.63) is 385 Å². The van der Waals surface area contributed by atoms with Crippen LogP contribution in [0.2, 0.25) is 15.1 Å². The van der Waals surface area contributed by atoms with Crippen LogP contribution in [0, 0.1) is 41.5 Å². The number of ketones is 1. The summed E-state index contributed by atoms with van der Waals surface area (Å²) < 4.78 is 22.0. The molecule has 14 rings (SSSR count). The number of carbonyl (C=O) groups is 1. The number of rotatable bonds is 23. The van der Waals surface area contributed by atoms with Crippen LogP contribution in [0.1, 0.15) is 94.8 Å². The molecule has 130 heavy (non-hydrogen) atoms. The SMILES string of the molecule is COc1c(Br)cc(Br)cc1C=NCc1ccc(C)cc1.COc1ccc(C)cc1Oc1cc(Cl)ccc1O.Cc1cc(/C=N/Nc2ccccn2)c(O)c(Br)c1C.Cc1cc(Br)cc(/C=N/Nc2ccccn2)c1O.Cc1cc(O)c(C=NCc2ccccn2)cc1Br.O=C(CCc1ccccc1)c1cc(Br)cc(Br)c1O.Oc1c(Cl)cc(Cl)cc1/C=N/Nc1ccccn1. The molecule has 0 unspecified atom stereocenters. The Hall–Kier alpha value is -11.4. The number of nitrogens with zero attached hydrogens (tertiary/aromatic N) is 9. The molecule has 0 saturated carbocycles. The van der Waals surface area contributed by atoms with E-state index in [0.29, 0.717) is 107 Å². The maximum Gasteiger partial charge on any atom is 0.170 e. The first-order valence-electron chi connectivity index (χ1n) is 39.2. The molecular weight excluding hydrogens is 2170 g/mol. The molecule has 9 N–H and O–H groups in total. The normalized spacial score (nSPS) is 10.7. The third-order valence-electron chi connectivity index (χ3n) is 17.9. The minimum atomic E-state index is -0.0663. The highest BCUT2D eigenvalue weighted by molar-refractivity contribution is 9.11. The smallest absolute Gasteiger partial charge is 0.170 e. The maximum absolute atomic E-state index is 12.1. The fourth-order valence-corrected chi connectivity index (χ4v) is 15.8. The molecule has 670 valence electrons. The van der Waals surface area contributed by atoms with Crippen LogP contribution in [0.4, 0.5) is 17.5 Å². The highest BCUT2D eigenvalue weighted by Gasteiger charge is 2.17. The lowest BCUT2D eigenvalue weighted by Crippen LogP contribution is -2.02. The first-order valence-corrected chi connectivity index (χ1v) is 45.8. The average Bonchev–Trinajstić information content (AvgIpc) is 0.814. The molecular formula is C98H88Br7Cl3N12O10. The number of anilines is 3. The number of phenols is 6. The number of aryl methyl sites for hydroxylation is 6. The molecule has 22 nitrogen and oxygen atoms in total. The summed E-state index contributed by atoms with van der Waals surface area (Å²) in [4.78, 5) is 37.3. The van der Waals surface area contributed by atoms with E-state index in [1.807, 2.05) is 180 Å². The van der Waals surface area contributed by atoms with Gasteiger partial charge in [-0.3, -0.25) is 36.0 Å². The topological polar surface area (TPSA) is 316 Å². The van der Waals surface area contributed by atoms with E-state index in [0.717, 1.165) is 72.8 Å². The third kappa shape index (κ3) is 34.8. The summed E-state index contributed by atoms with van der Waals surface area (Å²) in [5.41, 5.74) is 21.4. The molecule has 14 aromatic rings. The zero-order valence-corrected chi connectivity index (χ0v) is 84.5. The fraction of sp³-hybridized carbons (Fsp3) is 0.122. The standard InChI is InChI=1S/C16H15Br2NO.C15H12Br2O2.C14H14BrN3O.C14H13BrN2O.C14H13ClO3.C13H12BrN3O.C12H9Cl2N3O/c1-11-3-5-12(6-4-11)9-19-10-13-7-14(17)8-15(18)16(13)20-2;16-11-8-12(15(19)13(17)9-11)14(18)7-6-10-4-2-1-3-5-10;1-9-7-11(14(19)13(15)10(9)2)8-17-18-12-5-3-4-6-16-12;1-10-6-14(18)11(7-13(10)15)8-16-9-12-4-2-3-5-17-12;1-9-3-6-12(17-2)14(7-9)18-13-8-10(15)4-5-11(13)16;1-9-6-11(14)7-10(13(9)18)8-16-17-12-4-2-3-5-15-12;13-9-5-8(12(18)10(14)6-9)7-16-17-11-3-1-2-4-15-11/h3-8,10H,9H2,1-2H3;1-5,8-9,19H,6-7H2;3-8,19H,1-2H3,(H,16,18);2-8,18H,9H2,1H3;3-8,16H,1-2H3;2-8,18H,1H3,(H,15,17);1-7,18H,(H,15,17)/b;;17-8+;;;16-8+;16-7+. The Morgan fingerprint density at radius 3 is 1.52 bits per heavy atom. The number of aliphatic imine (C=N–C) groups is 2. The Morgan fingerprint density at radius 2 is 0.938 bits per heavy atom. The highest BCUT2D eigenvalue weighted by atomic mass is 79.9. The number of pyridine rings is 4. The minimum absolute atomic E-state index is 0.00117. The molecule has 0 amide bonds. The summed E-state index contributed by atoms with van der Waals surface area (Å²) in [6.07, 6.45) is 15.8. The van der Waals surface area contributed by atoms with E-state index in [9.17, 15) is 35.4 Å². The highest BCUT2D eigenvalue weighted by Crippen LogP contribution is 2.40. The Labute approximate surface area is 828 Å². The van der Waals surface area contributed by atoms with Crippen molar-refractivity contribution in [2.75, 3.05) is 30.5 Å². The van der Waals surface area contributed by atoms with Gasteiger partial charge in [-0.05, 0) is 274 Å². The van der Waals surface area contributed by atoms with Gasteiger partial charge in [0.25, 0.3) is 0 Å². The number of methoxy groups -OCH3 is 2. The van der Waals surface area contributed by atoms with Gasteiger partial charge in [-0.25, -0.2) is 15.0 Å². The summed E-state index contributed by atoms with van der Waals surface area (Å²) in [6, 6.07) is 70.0.